The van der Waals surface area contributed by atoms with Crippen molar-refractivity contribution in [2.45, 2.75) is 37.6 Å². The van der Waals surface area contributed by atoms with E-state index in [0.717, 1.165) is 23.0 Å². The van der Waals surface area contributed by atoms with Gasteiger partial charge in [0.2, 0.25) is 15.9 Å². The maximum Gasteiger partial charge on any atom is 0.243 e. The molecule has 2 atom stereocenters. The lowest BCUT2D eigenvalue weighted by Crippen LogP contribution is -2.39. The minimum Gasteiger partial charge on any atom is -0.497 e. The van der Waals surface area contributed by atoms with Crippen LogP contribution in [-0.2, 0) is 14.8 Å². The third-order valence-corrected chi connectivity index (χ3v) is 7.74. The molecule has 0 aliphatic carbocycles. The maximum absolute atomic E-state index is 12.7. The summed E-state index contributed by atoms with van der Waals surface area (Å²) >= 11 is 0. The van der Waals surface area contributed by atoms with E-state index in [1.807, 2.05) is 19.1 Å². The van der Waals surface area contributed by atoms with Gasteiger partial charge in [-0.2, -0.15) is 4.31 Å². The molecule has 0 unspecified atom stereocenters. The van der Waals surface area contributed by atoms with Gasteiger partial charge in [-0.05, 0) is 67.6 Å². The van der Waals surface area contributed by atoms with Crippen LogP contribution in [0.15, 0.2) is 53.4 Å². The molecule has 32 heavy (non-hydrogen) atoms. The van der Waals surface area contributed by atoms with Crippen LogP contribution >= 0.6 is 0 Å². The molecule has 174 valence electrons. The van der Waals surface area contributed by atoms with Crippen molar-refractivity contribution in [2.24, 2.45) is 5.92 Å². The zero-order valence-corrected chi connectivity index (χ0v) is 20.1. The Morgan fingerprint density at radius 2 is 1.84 bits per heavy atom. The molecule has 1 aliphatic rings. The number of hydrogen-bond acceptors (Lipinski definition) is 5. The summed E-state index contributed by atoms with van der Waals surface area (Å²) in [5.41, 5.74) is 2.18. The summed E-state index contributed by atoms with van der Waals surface area (Å²) in [6.07, 6.45) is 2.49. The first-order valence-corrected chi connectivity index (χ1v) is 12.4. The molecule has 0 bridgehead atoms. The lowest BCUT2D eigenvalue weighted by Gasteiger charge is -2.33. The maximum atomic E-state index is 12.7. The predicted molar refractivity (Wildman–Crippen MR) is 126 cm³/mol. The van der Waals surface area contributed by atoms with Gasteiger partial charge < -0.3 is 15.0 Å². The van der Waals surface area contributed by atoms with Gasteiger partial charge in [-0.1, -0.05) is 19.1 Å². The molecule has 1 amide bonds. The number of ether oxygens (including phenoxy) is 1. The molecule has 1 saturated heterocycles. The highest BCUT2D eigenvalue weighted by molar-refractivity contribution is 7.89. The molecule has 3 rings (SSSR count). The van der Waals surface area contributed by atoms with E-state index in [0.29, 0.717) is 11.7 Å². The van der Waals surface area contributed by atoms with Gasteiger partial charge in [0.05, 0.1) is 24.6 Å². The molecule has 2 aromatic carbocycles. The normalized spacial score (nSPS) is 17.8. The quantitative estimate of drug-likeness (QED) is 0.654. The van der Waals surface area contributed by atoms with Crippen molar-refractivity contribution in [1.82, 2.24) is 9.62 Å². The summed E-state index contributed by atoms with van der Waals surface area (Å²) in [7, 11) is -0.853. The van der Waals surface area contributed by atoms with Gasteiger partial charge in [-0.3, -0.25) is 4.79 Å². The van der Waals surface area contributed by atoms with E-state index in [4.69, 9.17) is 4.74 Å². The molecular weight excluding hydrogens is 426 g/mol. The van der Waals surface area contributed by atoms with Crippen LogP contribution in [0.2, 0.25) is 0 Å². The van der Waals surface area contributed by atoms with Crippen LogP contribution in [0.3, 0.4) is 0 Å². The topological polar surface area (TPSA) is 79.0 Å². The Hall–Kier alpha value is -2.58. The summed E-state index contributed by atoms with van der Waals surface area (Å²) in [6, 6.07) is 14.1. The summed E-state index contributed by atoms with van der Waals surface area (Å²) in [4.78, 5) is 15.0. The van der Waals surface area contributed by atoms with Crippen molar-refractivity contribution in [1.29, 1.82) is 0 Å². The van der Waals surface area contributed by atoms with E-state index in [-0.39, 0.29) is 23.4 Å². The van der Waals surface area contributed by atoms with Crippen LogP contribution in [0.25, 0.3) is 0 Å². The van der Waals surface area contributed by atoms with E-state index in [2.05, 4.69) is 29.3 Å². The predicted octanol–water partition coefficient (Wildman–Crippen LogP) is 3.43. The minimum absolute atomic E-state index is 0.115. The van der Waals surface area contributed by atoms with Gasteiger partial charge in [-0.25, -0.2) is 8.42 Å². The number of amides is 1. The standard InChI is InChI=1S/C24H33N3O4S/c1-18-6-5-15-27(16-18)21-9-7-20(8-10-21)19(2)25-24(28)17-26(3)32(29,30)23-13-11-22(31-4)12-14-23/h7-14,18-19H,5-6,15-17H2,1-4H3,(H,25,28)/t18-,19+/m0/s1. The molecule has 0 saturated carbocycles. The molecule has 1 aliphatic heterocycles. The van der Waals surface area contributed by atoms with Gasteiger partial charge >= 0.3 is 0 Å². The summed E-state index contributed by atoms with van der Waals surface area (Å²) in [6.45, 7) is 6.06. The first-order valence-electron chi connectivity index (χ1n) is 11.0. The van der Waals surface area contributed by atoms with Crippen molar-refractivity contribution in [3.63, 3.8) is 0 Å². The summed E-state index contributed by atoms with van der Waals surface area (Å²) in [5.74, 6) is 0.915. The van der Waals surface area contributed by atoms with Gasteiger partial charge in [-0.15, -0.1) is 0 Å². The zero-order chi connectivity index (χ0) is 23.3. The van der Waals surface area contributed by atoms with Gasteiger partial charge in [0, 0.05) is 25.8 Å². The molecule has 1 N–H and O–H groups in total. The van der Waals surface area contributed by atoms with E-state index in [1.54, 1.807) is 12.1 Å². The fourth-order valence-corrected chi connectivity index (χ4v) is 5.11. The van der Waals surface area contributed by atoms with Crippen LogP contribution in [0.1, 0.15) is 38.3 Å². The average molecular weight is 460 g/mol. The highest BCUT2D eigenvalue weighted by Crippen LogP contribution is 2.25. The third kappa shape index (κ3) is 5.81. The monoisotopic (exact) mass is 459 g/mol. The Bertz CT molecular complexity index is 1010. The van der Waals surface area contributed by atoms with Crippen molar-refractivity contribution < 1.29 is 17.9 Å². The van der Waals surface area contributed by atoms with Crippen molar-refractivity contribution in [3.8, 4) is 5.75 Å². The van der Waals surface area contributed by atoms with Crippen LogP contribution in [0, 0.1) is 5.92 Å². The van der Waals surface area contributed by atoms with Crippen LogP contribution < -0.4 is 15.0 Å². The Morgan fingerprint density at radius 1 is 1.19 bits per heavy atom. The first-order chi connectivity index (χ1) is 15.2. The average Bonchev–Trinajstić information content (AvgIpc) is 2.79. The third-order valence-electron chi connectivity index (χ3n) is 5.93. The van der Waals surface area contributed by atoms with E-state index in [1.165, 1.54) is 44.8 Å². The molecule has 8 heteroatoms. The SMILES string of the molecule is COc1ccc(S(=O)(=O)N(C)CC(=O)N[C@H](C)c2ccc(N3CCC[C@H](C)C3)cc2)cc1. The van der Waals surface area contributed by atoms with Gasteiger partial charge in [0.1, 0.15) is 5.75 Å². The molecule has 2 aromatic rings. The second kappa shape index (κ2) is 10.4. The zero-order valence-electron chi connectivity index (χ0n) is 19.2. The van der Waals surface area contributed by atoms with Crippen LogP contribution in [-0.4, -0.2) is 52.4 Å². The lowest BCUT2D eigenvalue weighted by molar-refractivity contribution is -0.121. The lowest BCUT2D eigenvalue weighted by atomic mass is 9.99. The Kier molecular flexibility index (Phi) is 7.79. The summed E-state index contributed by atoms with van der Waals surface area (Å²) < 4.78 is 31.6. The number of carbonyl (C=O) groups is 1. The Labute approximate surface area is 191 Å². The number of sulfonamides is 1. The van der Waals surface area contributed by atoms with Crippen molar-refractivity contribution in [2.75, 3.05) is 38.7 Å². The smallest absolute Gasteiger partial charge is 0.243 e. The highest BCUT2D eigenvalue weighted by atomic mass is 32.2. The Morgan fingerprint density at radius 3 is 2.44 bits per heavy atom. The van der Waals surface area contributed by atoms with Crippen molar-refractivity contribution in [3.05, 3.63) is 54.1 Å². The number of benzene rings is 2. The molecule has 7 nitrogen and oxygen atoms in total. The number of likely N-dealkylation sites (N-methyl/N-ethyl adjacent to an activating group) is 1. The fourth-order valence-electron chi connectivity index (χ4n) is 3.98. The number of piperidine rings is 1. The number of anilines is 1. The molecule has 1 heterocycles. The van der Waals surface area contributed by atoms with E-state index < -0.39 is 10.0 Å². The van der Waals surface area contributed by atoms with Gasteiger partial charge in [0.15, 0.2) is 0 Å². The minimum atomic E-state index is -3.77. The van der Waals surface area contributed by atoms with Crippen LogP contribution in [0.4, 0.5) is 5.69 Å². The molecule has 0 spiro atoms. The second-order valence-corrected chi connectivity index (χ2v) is 10.6. The number of carbonyl (C=O) groups excluding carboxylic acids is 1. The highest BCUT2D eigenvalue weighted by Gasteiger charge is 2.24. The van der Waals surface area contributed by atoms with E-state index in [9.17, 15) is 13.2 Å². The molecule has 1 fully saturated rings. The number of rotatable bonds is 8. The Balaban J connectivity index is 1.57. The molecular formula is C24H33N3O4S. The number of hydrogen-bond donors (Lipinski definition) is 1. The van der Waals surface area contributed by atoms with Gasteiger partial charge in [0.25, 0.3) is 0 Å². The number of methoxy groups -OCH3 is 1. The number of nitrogens with zero attached hydrogens (tertiary/aromatic N) is 2. The largest absolute Gasteiger partial charge is 0.497 e. The van der Waals surface area contributed by atoms with Crippen LogP contribution in [0.5, 0.6) is 5.75 Å². The second-order valence-electron chi connectivity index (χ2n) is 8.51. The summed E-state index contributed by atoms with van der Waals surface area (Å²) in [5, 5.41) is 2.90. The van der Waals surface area contributed by atoms with Crippen molar-refractivity contribution >= 4 is 21.6 Å². The first kappa shape index (κ1) is 24.1. The molecule has 0 radical (unpaired) electrons. The molecule has 0 aromatic heterocycles. The van der Waals surface area contributed by atoms with E-state index >= 15 is 0 Å². The fraction of sp³-hybridized carbons (Fsp3) is 0.458. The number of nitrogens with one attached hydrogen (secondary N) is 1.